The number of carbonyl (C=O) groups is 1. The molecule has 1 fully saturated rings. The molecular weight excluding hydrogens is 810 g/mol. The second-order valence-corrected chi connectivity index (χ2v) is 16.4. The second kappa shape index (κ2) is 21.5. The molecule has 1 N–H and O–H groups in total. The number of nitrogens with zero attached hydrogens (tertiary/aromatic N) is 4. The van der Waals surface area contributed by atoms with E-state index < -0.39 is 50.3 Å². The van der Waals surface area contributed by atoms with Gasteiger partial charge >= 0.3 is 5.69 Å². The minimum atomic E-state index is -1.81. The molecule has 5 aromatic rings. The van der Waals surface area contributed by atoms with Crippen molar-refractivity contribution in [2.75, 3.05) is 39.9 Å². The van der Waals surface area contributed by atoms with Gasteiger partial charge in [-0.25, -0.2) is 9.46 Å². The van der Waals surface area contributed by atoms with Gasteiger partial charge in [-0.05, 0) is 86.8 Å². The Kier molecular flexibility index (Phi) is 16.0. The van der Waals surface area contributed by atoms with E-state index in [0.717, 1.165) is 16.7 Å². The normalized spacial score (nSPS) is 18.1. The summed E-state index contributed by atoms with van der Waals surface area (Å²) < 4.78 is 48.3. The summed E-state index contributed by atoms with van der Waals surface area (Å²) >= 11 is 0. The van der Waals surface area contributed by atoms with Crippen LogP contribution >= 0.6 is 8.53 Å². The van der Waals surface area contributed by atoms with Gasteiger partial charge in [-0.3, -0.25) is 9.36 Å². The summed E-state index contributed by atoms with van der Waals surface area (Å²) in [5, 5.41) is 12.1. The van der Waals surface area contributed by atoms with Gasteiger partial charge in [0.05, 0.1) is 39.9 Å². The third-order valence-corrected chi connectivity index (χ3v) is 12.6. The number of amides is 1. The molecule has 1 aliphatic heterocycles. The zero-order valence-electron chi connectivity index (χ0n) is 36.0. The van der Waals surface area contributed by atoms with Crippen molar-refractivity contribution in [3.63, 3.8) is 0 Å². The first kappa shape index (κ1) is 46.0. The Morgan fingerprint density at radius 1 is 0.839 bits per heavy atom. The van der Waals surface area contributed by atoms with Crippen LogP contribution in [0.2, 0.25) is 0 Å². The van der Waals surface area contributed by atoms with Gasteiger partial charge in [-0.2, -0.15) is 10.2 Å². The predicted molar refractivity (Wildman–Crippen MR) is 236 cm³/mol. The molecule has 0 spiro atoms. The summed E-state index contributed by atoms with van der Waals surface area (Å²) in [5.41, 5.74) is 0.990. The number of ether oxygens (including phenoxy) is 5. The zero-order valence-corrected chi connectivity index (χ0v) is 36.9. The van der Waals surface area contributed by atoms with E-state index in [1.807, 2.05) is 84.9 Å². The minimum Gasteiger partial charge on any atom is -0.497 e. The highest BCUT2D eigenvalue weighted by Crippen LogP contribution is 2.51. The predicted octanol–water partition coefficient (Wildman–Crippen LogP) is 8.10. The topological polar surface area (TPSA) is 156 Å². The minimum absolute atomic E-state index is 0.00153. The fourth-order valence-corrected chi connectivity index (χ4v) is 9.35. The molecule has 2 heterocycles. The molecule has 5 atom stereocenters. The average Bonchev–Trinajstić information content (AvgIpc) is 3.63. The summed E-state index contributed by atoms with van der Waals surface area (Å²) in [6.07, 6.45) is -1.99. The number of aromatic nitrogens is 2. The highest BCUT2D eigenvalue weighted by atomic mass is 31.2. The lowest BCUT2D eigenvalue weighted by Gasteiger charge is -2.39. The Balaban J connectivity index is 1.44. The maximum absolute atomic E-state index is 13.9. The highest BCUT2D eigenvalue weighted by Gasteiger charge is 2.51. The maximum atomic E-state index is 13.9. The van der Waals surface area contributed by atoms with Crippen LogP contribution in [0.1, 0.15) is 67.4 Å². The molecule has 0 bridgehead atoms. The molecule has 4 aromatic carbocycles. The molecule has 1 amide bonds. The van der Waals surface area contributed by atoms with E-state index in [0.29, 0.717) is 17.1 Å². The molecule has 1 aliphatic rings. The van der Waals surface area contributed by atoms with Crippen molar-refractivity contribution >= 4 is 20.3 Å². The standard InChI is InChI=1S/C47H54N5O9P/c1-32(2)52(33(3)4)62(59-30-14-28-48)61-42-40(60-45(43(42)57-7)51-29-27-41(50-46(51)54)49-44(53)34-15-10-8-11-16-34)31-58-47(35-17-12-9-13-18-35,36-19-23-38(55-5)24-20-36)37-21-25-39(56-6)26-22-37/h8-13,15-27,29,32-33,40,42-43,45H,14,30-31H2,1-7H3,(H,49,50,53,54)/t40-,42-,43?,45-,62?/m1/s1. The first-order valence-electron chi connectivity index (χ1n) is 20.4. The van der Waals surface area contributed by atoms with Crippen molar-refractivity contribution < 1.29 is 37.5 Å². The van der Waals surface area contributed by atoms with Crippen molar-refractivity contribution in [1.82, 2.24) is 14.2 Å². The molecule has 62 heavy (non-hydrogen) atoms. The van der Waals surface area contributed by atoms with E-state index in [1.165, 1.54) is 23.9 Å². The van der Waals surface area contributed by atoms with Crippen LogP contribution in [0.25, 0.3) is 0 Å². The van der Waals surface area contributed by atoms with Crippen molar-refractivity contribution in [3.05, 3.63) is 154 Å². The molecule has 15 heteroatoms. The first-order valence-corrected chi connectivity index (χ1v) is 21.5. The Morgan fingerprint density at radius 2 is 1.40 bits per heavy atom. The number of nitriles is 1. The van der Waals surface area contributed by atoms with Gasteiger partial charge < -0.3 is 38.0 Å². The number of methoxy groups -OCH3 is 3. The molecule has 14 nitrogen and oxygen atoms in total. The van der Waals surface area contributed by atoms with Gasteiger partial charge in [0.15, 0.2) is 6.23 Å². The summed E-state index contributed by atoms with van der Waals surface area (Å²) in [7, 11) is 2.95. The Bertz CT molecular complexity index is 2230. The summed E-state index contributed by atoms with van der Waals surface area (Å²) in [5.74, 6) is 1.02. The van der Waals surface area contributed by atoms with Crippen LogP contribution in [0.5, 0.6) is 11.5 Å². The van der Waals surface area contributed by atoms with E-state index in [4.69, 9.17) is 32.7 Å². The van der Waals surface area contributed by atoms with Gasteiger partial charge in [0.25, 0.3) is 14.4 Å². The summed E-state index contributed by atoms with van der Waals surface area (Å²) in [6.45, 7) is 8.28. The molecule has 326 valence electrons. The lowest BCUT2D eigenvalue weighted by Crippen LogP contribution is -2.43. The van der Waals surface area contributed by atoms with Crippen LogP contribution in [0.4, 0.5) is 5.82 Å². The number of anilines is 1. The molecule has 1 aromatic heterocycles. The van der Waals surface area contributed by atoms with Gasteiger partial charge in [-0.15, -0.1) is 0 Å². The van der Waals surface area contributed by atoms with Crippen LogP contribution in [0.3, 0.4) is 0 Å². The van der Waals surface area contributed by atoms with Crippen LogP contribution in [0.15, 0.2) is 126 Å². The quantitative estimate of drug-likeness (QED) is 0.0457. The molecular formula is C47H54N5O9P. The summed E-state index contributed by atoms with van der Waals surface area (Å²) in [4.78, 5) is 31.0. The number of carbonyl (C=O) groups excluding carboxylic acids is 1. The fourth-order valence-electron chi connectivity index (χ4n) is 7.58. The van der Waals surface area contributed by atoms with E-state index in [1.54, 1.807) is 38.5 Å². The van der Waals surface area contributed by atoms with E-state index in [-0.39, 0.29) is 37.5 Å². The van der Waals surface area contributed by atoms with Crippen molar-refractivity contribution in [1.29, 1.82) is 5.26 Å². The second-order valence-electron chi connectivity index (χ2n) is 15.0. The van der Waals surface area contributed by atoms with Gasteiger partial charge in [0.2, 0.25) is 0 Å². The van der Waals surface area contributed by atoms with Crippen LogP contribution in [-0.2, 0) is 28.9 Å². The zero-order chi connectivity index (χ0) is 44.2. The largest absolute Gasteiger partial charge is 0.497 e. The lowest BCUT2D eigenvalue weighted by molar-refractivity contribution is -0.0957. The fraction of sp³-hybridized carbons (Fsp3) is 0.362. The van der Waals surface area contributed by atoms with E-state index in [2.05, 4.69) is 48.7 Å². The number of hydrogen-bond donors (Lipinski definition) is 1. The number of rotatable bonds is 20. The molecule has 0 radical (unpaired) electrons. The maximum Gasteiger partial charge on any atom is 0.351 e. The van der Waals surface area contributed by atoms with Gasteiger partial charge in [-0.1, -0.05) is 72.8 Å². The number of benzene rings is 4. The van der Waals surface area contributed by atoms with Crippen molar-refractivity contribution in [2.24, 2.45) is 0 Å². The van der Waals surface area contributed by atoms with Crippen molar-refractivity contribution in [2.45, 2.75) is 76.3 Å². The van der Waals surface area contributed by atoms with Gasteiger partial charge in [0.1, 0.15) is 41.2 Å². The smallest absolute Gasteiger partial charge is 0.351 e. The molecule has 0 saturated carbocycles. The van der Waals surface area contributed by atoms with Crippen LogP contribution < -0.4 is 20.5 Å². The SMILES string of the molecule is COc1ccc(C(OC[C@H]2O[C@@H](n3ccc(NC(=O)c4ccccc4)nc3=O)C(OC)[C@@H]2OP(OCCC#N)N(C(C)C)C(C)C)(c2ccccc2)c2ccc(OC)cc2)cc1. The third kappa shape index (κ3) is 10.4. The summed E-state index contributed by atoms with van der Waals surface area (Å²) in [6, 6.07) is 37.6. The van der Waals surface area contributed by atoms with Crippen molar-refractivity contribution in [3.8, 4) is 17.6 Å². The number of nitrogens with one attached hydrogen (secondary N) is 1. The Morgan fingerprint density at radius 3 is 1.92 bits per heavy atom. The molecule has 1 saturated heterocycles. The van der Waals surface area contributed by atoms with E-state index >= 15 is 0 Å². The molecule has 0 aliphatic carbocycles. The average molecular weight is 864 g/mol. The lowest BCUT2D eigenvalue weighted by atomic mass is 9.80. The third-order valence-electron chi connectivity index (χ3n) is 10.5. The van der Waals surface area contributed by atoms with Gasteiger partial charge in [0, 0.05) is 31.0 Å². The molecule has 6 rings (SSSR count). The highest BCUT2D eigenvalue weighted by molar-refractivity contribution is 7.44. The molecule has 2 unspecified atom stereocenters. The van der Waals surface area contributed by atoms with Crippen LogP contribution in [0, 0.1) is 11.3 Å². The number of hydrogen-bond acceptors (Lipinski definition) is 12. The van der Waals surface area contributed by atoms with E-state index in [9.17, 15) is 14.9 Å². The van der Waals surface area contributed by atoms with Crippen LogP contribution in [-0.4, -0.2) is 85.1 Å². The Hall–Kier alpha value is -5.49. The Labute approximate surface area is 364 Å². The first-order chi connectivity index (χ1) is 30.0. The monoisotopic (exact) mass is 863 g/mol.